The topological polar surface area (TPSA) is 75.2 Å². The molecule has 0 aliphatic heterocycles. The van der Waals surface area contributed by atoms with E-state index in [1.165, 1.54) is 0 Å². The quantitative estimate of drug-likeness (QED) is 0.898. The Morgan fingerprint density at radius 2 is 2.25 bits per heavy atom. The Hall–Kier alpha value is -1.66. The minimum atomic E-state index is -0.367. The molecular formula is C14H15BrN2O3. The first-order valence-electron chi connectivity index (χ1n) is 6.11. The Labute approximate surface area is 124 Å². The third-order valence-electron chi connectivity index (χ3n) is 2.92. The Morgan fingerprint density at radius 1 is 1.50 bits per heavy atom. The maximum atomic E-state index is 12.2. The smallest absolute Gasteiger partial charge is 0.262 e. The van der Waals surface area contributed by atoms with Crippen molar-refractivity contribution >= 4 is 15.9 Å². The summed E-state index contributed by atoms with van der Waals surface area (Å²) in [6, 6.07) is 7.14. The largest absolute Gasteiger partial charge is 0.493 e. The minimum absolute atomic E-state index is 0.102. The van der Waals surface area contributed by atoms with Gasteiger partial charge in [0.1, 0.15) is 11.4 Å². The van der Waals surface area contributed by atoms with Crippen LogP contribution in [0, 0.1) is 0 Å². The molecule has 0 amide bonds. The predicted molar refractivity (Wildman–Crippen MR) is 79.9 cm³/mol. The van der Waals surface area contributed by atoms with Gasteiger partial charge >= 0.3 is 0 Å². The van der Waals surface area contributed by atoms with Gasteiger partial charge in [0.2, 0.25) is 5.88 Å². The van der Waals surface area contributed by atoms with Crippen LogP contribution < -0.4 is 5.56 Å². The number of H-pyrrole nitrogens is 1. The van der Waals surface area contributed by atoms with Gasteiger partial charge in [-0.1, -0.05) is 35.0 Å². The lowest BCUT2D eigenvalue weighted by atomic mass is 10.1. The highest BCUT2D eigenvalue weighted by atomic mass is 79.9. The summed E-state index contributed by atoms with van der Waals surface area (Å²) in [6.07, 6.45) is 0. The molecule has 0 radical (unpaired) electrons. The Kier molecular flexibility index (Phi) is 4.57. The molecular weight excluding hydrogens is 324 g/mol. The monoisotopic (exact) mass is 338 g/mol. The number of hydrogen-bond acceptors (Lipinski definition) is 4. The lowest BCUT2D eigenvalue weighted by molar-refractivity contribution is 0.181. The number of nitrogens with zero attached hydrogens (tertiary/aromatic N) is 1. The number of aromatic amines is 1. The molecule has 6 heteroatoms. The zero-order valence-corrected chi connectivity index (χ0v) is 12.8. The third kappa shape index (κ3) is 3.08. The van der Waals surface area contributed by atoms with Crippen molar-refractivity contribution < 1.29 is 9.84 Å². The Balaban J connectivity index is 2.49. The lowest BCUT2D eigenvalue weighted by Crippen LogP contribution is -2.17. The molecule has 2 N–H and O–H groups in total. The molecule has 0 aliphatic rings. The van der Waals surface area contributed by atoms with Crippen LogP contribution in [-0.4, -0.2) is 28.8 Å². The summed E-state index contributed by atoms with van der Waals surface area (Å²) < 4.78 is 5.84. The van der Waals surface area contributed by atoms with Crippen LogP contribution in [0.1, 0.15) is 18.7 Å². The van der Waals surface area contributed by atoms with Crippen molar-refractivity contribution in [3.63, 3.8) is 0 Å². The zero-order valence-electron chi connectivity index (χ0n) is 11.2. The van der Waals surface area contributed by atoms with E-state index in [0.29, 0.717) is 18.0 Å². The van der Waals surface area contributed by atoms with Crippen LogP contribution >= 0.6 is 15.9 Å². The van der Waals surface area contributed by atoms with E-state index in [9.17, 15) is 9.90 Å². The average Bonchev–Trinajstić information content (AvgIpc) is 2.38. The van der Waals surface area contributed by atoms with Gasteiger partial charge in [0.25, 0.3) is 5.56 Å². The van der Waals surface area contributed by atoms with Crippen molar-refractivity contribution in [2.24, 2.45) is 0 Å². The molecule has 0 spiro atoms. The summed E-state index contributed by atoms with van der Waals surface area (Å²) in [5.74, 6) is 0.0352. The molecule has 1 atom stereocenters. The van der Waals surface area contributed by atoms with Crippen LogP contribution in [0.4, 0.5) is 0 Å². The molecule has 2 rings (SSSR count). The molecule has 0 aliphatic carbocycles. The molecule has 0 saturated carbocycles. The maximum Gasteiger partial charge on any atom is 0.262 e. The van der Waals surface area contributed by atoms with Gasteiger partial charge in [0, 0.05) is 17.5 Å². The number of ether oxygens (including phenoxy) is 1. The number of halogens is 1. The van der Waals surface area contributed by atoms with E-state index in [1.54, 1.807) is 25.3 Å². The summed E-state index contributed by atoms with van der Waals surface area (Å²) in [5, 5.41) is 10.0. The number of aromatic hydroxyl groups is 1. The fourth-order valence-corrected chi connectivity index (χ4v) is 2.34. The van der Waals surface area contributed by atoms with Crippen molar-refractivity contribution in [1.82, 2.24) is 9.97 Å². The highest BCUT2D eigenvalue weighted by molar-refractivity contribution is 9.10. The Morgan fingerprint density at radius 3 is 2.85 bits per heavy atom. The highest BCUT2D eigenvalue weighted by Gasteiger charge is 2.16. The number of aromatic nitrogens is 2. The molecule has 1 aromatic carbocycles. The van der Waals surface area contributed by atoms with Crippen molar-refractivity contribution in [2.45, 2.75) is 12.8 Å². The zero-order chi connectivity index (χ0) is 14.7. The first kappa shape index (κ1) is 14.7. The highest BCUT2D eigenvalue weighted by Crippen LogP contribution is 2.26. The van der Waals surface area contributed by atoms with Gasteiger partial charge in [-0.2, -0.15) is 4.98 Å². The number of hydrogen-bond donors (Lipinski definition) is 2. The van der Waals surface area contributed by atoms with Crippen LogP contribution in [0.25, 0.3) is 11.1 Å². The number of benzene rings is 1. The first-order valence-corrected chi connectivity index (χ1v) is 6.90. The predicted octanol–water partition coefficient (Wildman–Crippen LogP) is 2.65. The molecule has 106 valence electrons. The summed E-state index contributed by atoms with van der Waals surface area (Å²) in [4.78, 5) is 18.9. The SMILES string of the molecule is COCC(C)c1nc(O)c(-c2cccc(Br)c2)c(=O)[nH]1. The van der Waals surface area contributed by atoms with E-state index in [2.05, 4.69) is 25.9 Å². The van der Waals surface area contributed by atoms with Gasteiger partial charge in [-0.05, 0) is 17.7 Å². The third-order valence-corrected chi connectivity index (χ3v) is 3.41. The second kappa shape index (κ2) is 6.19. The summed E-state index contributed by atoms with van der Waals surface area (Å²) >= 11 is 3.34. The van der Waals surface area contributed by atoms with Gasteiger partial charge < -0.3 is 14.8 Å². The molecule has 1 heterocycles. The van der Waals surface area contributed by atoms with Gasteiger partial charge in [0.05, 0.1) is 6.61 Å². The van der Waals surface area contributed by atoms with Crippen molar-refractivity contribution in [3.05, 3.63) is 44.9 Å². The number of rotatable bonds is 4. The van der Waals surface area contributed by atoms with E-state index in [0.717, 1.165) is 4.47 Å². The van der Waals surface area contributed by atoms with E-state index in [-0.39, 0.29) is 22.9 Å². The van der Waals surface area contributed by atoms with E-state index in [4.69, 9.17) is 4.74 Å². The van der Waals surface area contributed by atoms with Gasteiger partial charge in [-0.3, -0.25) is 4.79 Å². The lowest BCUT2D eigenvalue weighted by Gasteiger charge is -2.11. The molecule has 0 saturated heterocycles. The Bertz CT molecular complexity index is 670. The fraction of sp³-hybridized carbons (Fsp3) is 0.286. The van der Waals surface area contributed by atoms with E-state index >= 15 is 0 Å². The van der Waals surface area contributed by atoms with E-state index in [1.807, 2.05) is 13.0 Å². The van der Waals surface area contributed by atoms with Crippen LogP contribution in [-0.2, 0) is 4.74 Å². The second-order valence-corrected chi connectivity index (χ2v) is 5.43. The molecule has 5 nitrogen and oxygen atoms in total. The average molecular weight is 339 g/mol. The standard InChI is InChI=1S/C14H15BrN2O3/c1-8(7-20-2)12-16-13(18)11(14(19)17-12)9-4-3-5-10(15)6-9/h3-6,8H,7H2,1-2H3,(H2,16,17,18,19). The number of methoxy groups -OCH3 is 1. The number of nitrogens with one attached hydrogen (secondary N) is 1. The molecule has 20 heavy (non-hydrogen) atoms. The normalized spacial score (nSPS) is 12.3. The van der Waals surface area contributed by atoms with Crippen LogP contribution in [0.2, 0.25) is 0 Å². The first-order chi connectivity index (χ1) is 9.52. The van der Waals surface area contributed by atoms with Gasteiger partial charge in [0.15, 0.2) is 0 Å². The van der Waals surface area contributed by atoms with Crippen molar-refractivity contribution in [1.29, 1.82) is 0 Å². The fourth-order valence-electron chi connectivity index (χ4n) is 1.94. The van der Waals surface area contributed by atoms with Crippen molar-refractivity contribution in [2.75, 3.05) is 13.7 Å². The molecule has 1 aromatic heterocycles. The van der Waals surface area contributed by atoms with Crippen LogP contribution in [0.5, 0.6) is 5.88 Å². The van der Waals surface area contributed by atoms with Crippen LogP contribution in [0.3, 0.4) is 0 Å². The molecule has 0 bridgehead atoms. The summed E-state index contributed by atoms with van der Waals surface area (Å²) in [5.41, 5.74) is 0.407. The second-order valence-electron chi connectivity index (χ2n) is 4.52. The molecule has 0 fully saturated rings. The molecule has 2 aromatic rings. The van der Waals surface area contributed by atoms with Crippen molar-refractivity contribution in [3.8, 4) is 17.0 Å². The summed E-state index contributed by atoms with van der Waals surface area (Å²) in [7, 11) is 1.57. The minimum Gasteiger partial charge on any atom is -0.493 e. The van der Waals surface area contributed by atoms with Gasteiger partial charge in [-0.25, -0.2) is 0 Å². The summed E-state index contributed by atoms with van der Waals surface area (Å²) in [6.45, 7) is 2.28. The van der Waals surface area contributed by atoms with E-state index < -0.39 is 0 Å². The molecule has 1 unspecified atom stereocenters. The van der Waals surface area contributed by atoms with Gasteiger partial charge in [-0.15, -0.1) is 0 Å². The maximum absolute atomic E-state index is 12.2. The van der Waals surface area contributed by atoms with Crippen LogP contribution in [0.15, 0.2) is 33.5 Å².